The molecule has 4 nitrogen and oxygen atoms in total. The van der Waals surface area contributed by atoms with E-state index in [1.165, 1.54) is 6.07 Å². The van der Waals surface area contributed by atoms with Crippen LogP contribution in [0, 0.1) is 0 Å². The minimum absolute atomic E-state index is 0.163. The van der Waals surface area contributed by atoms with E-state index in [0.29, 0.717) is 23.9 Å². The van der Waals surface area contributed by atoms with Gasteiger partial charge in [0.05, 0.1) is 23.9 Å². The van der Waals surface area contributed by atoms with Gasteiger partial charge in [-0.15, -0.1) is 0 Å². The van der Waals surface area contributed by atoms with Crippen LogP contribution in [0.1, 0.15) is 16.8 Å². The molecule has 1 aliphatic rings. The molecule has 0 spiro atoms. The molecule has 1 aromatic carbocycles. The maximum Gasteiger partial charge on any atom is 0.337 e. The van der Waals surface area contributed by atoms with E-state index >= 15 is 0 Å². The summed E-state index contributed by atoms with van der Waals surface area (Å²) in [6, 6.07) is 4.87. The van der Waals surface area contributed by atoms with E-state index in [4.69, 9.17) is 21.4 Å². The van der Waals surface area contributed by atoms with Crippen LogP contribution in [0.5, 0.6) is 0 Å². The number of nitrogens with one attached hydrogen (secondary N) is 1. The number of hydrogen-bond acceptors (Lipinski definition) is 3. The normalized spacial score (nSPS) is 19.7. The maximum absolute atomic E-state index is 11.0. The number of carboxylic acid groups (broad SMARTS) is 1. The Kier molecular flexibility index (Phi) is 3.31. The lowest BCUT2D eigenvalue weighted by Crippen LogP contribution is -2.20. The second-order valence-corrected chi connectivity index (χ2v) is 4.14. The first kappa shape index (κ1) is 11.2. The molecule has 1 unspecified atom stereocenters. The van der Waals surface area contributed by atoms with Gasteiger partial charge in [0.1, 0.15) is 0 Å². The summed E-state index contributed by atoms with van der Waals surface area (Å²) in [7, 11) is 0. The van der Waals surface area contributed by atoms with Gasteiger partial charge in [-0.25, -0.2) is 4.79 Å². The minimum atomic E-state index is -0.960. The quantitative estimate of drug-likeness (QED) is 0.852. The number of halogens is 1. The van der Waals surface area contributed by atoms with Gasteiger partial charge in [-0.3, -0.25) is 0 Å². The van der Waals surface area contributed by atoms with Crippen LogP contribution < -0.4 is 5.32 Å². The monoisotopic (exact) mass is 241 g/mol. The van der Waals surface area contributed by atoms with Crippen molar-refractivity contribution in [2.75, 3.05) is 18.5 Å². The van der Waals surface area contributed by atoms with E-state index in [2.05, 4.69) is 5.32 Å². The maximum atomic E-state index is 11.0. The predicted molar refractivity (Wildman–Crippen MR) is 61.3 cm³/mol. The summed E-state index contributed by atoms with van der Waals surface area (Å²) in [4.78, 5) is 11.0. The van der Waals surface area contributed by atoms with Crippen molar-refractivity contribution >= 4 is 23.3 Å². The molecular weight excluding hydrogens is 230 g/mol. The second-order valence-electron chi connectivity index (χ2n) is 3.70. The molecule has 1 atom stereocenters. The molecule has 1 heterocycles. The van der Waals surface area contributed by atoms with Crippen molar-refractivity contribution in [3.8, 4) is 0 Å². The van der Waals surface area contributed by atoms with E-state index < -0.39 is 5.97 Å². The van der Waals surface area contributed by atoms with E-state index in [9.17, 15) is 4.79 Å². The Morgan fingerprint density at radius 2 is 2.38 bits per heavy atom. The zero-order valence-electron chi connectivity index (χ0n) is 8.57. The molecule has 0 radical (unpaired) electrons. The molecule has 1 fully saturated rings. The van der Waals surface area contributed by atoms with Crippen LogP contribution in [0.25, 0.3) is 0 Å². The number of carbonyl (C=O) groups is 1. The van der Waals surface area contributed by atoms with Crippen molar-refractivity contribution in [2.45, 2.75) is 12.5 Å². The van der Waals surface area contributed by atoms with Crippen molar-refractivity contribution in [1.29, 1.82) is 0 Å². The molecule has 2 N–H and O–H groups in total. The molecule has 0 aromatic heterocycles. The Morgan fingerprint density at radius 3 is 3.00 bits per heavy atom. The molecule has 1 aromatic rings. The molecule has 0 amide bonds. The number of ether oxygens (including phenoxy) is 1. The van der Waals surface area contributed by atoms with Crippen LogP contribution in [0.2, 0.25) is 5.02 Å². The zero-order valence-corrected chi connectivity index (χ0v) is 9.33. The summed E-state index contributed by atoms with van der Waals surface area (Å²) in [5.41, 5.74) is 0.784. The van der Waals surface area contributed by atoms with Crippen molar-refractivity contribution < 1.29 is 14.6 Å². The number of hydrogen-bond donors (Lipinski definition) is 2. The van der Waals surface area contributed by atoms with Crippen LogP contribution in [0.4, 0.5) is 5.69 Å². The molecule has 1 saturated heterocycles. The molecule has 5 heteroatoms. The Hall–Kier alpha value is -1.26. The predicted octanol–water partition coefficient (Wildman–Crippen LogP) is 2.24. The van der Waals surface area contributed by atoms with Gasteiger partial charge < -0.3 is 15.2 Å². The largest absolute Gasteiger partial charge is 0.478 e. The van der Waals surface area contributed by atoms with Crippen LogP contribution in [0.3, 0.4) is 0 Å². The van der Waals surface area contributed by atoms with Gasteiger partial charge in [0.2, 0.25) is 0 Å². The standard InChI is InChI=1S/C11H12ClNO3/c12-7-1-2-9(11(14)15)10(5-7)13-8-3-4-16-6-8/h1-2,5,8,13H,3-4,6H2,(H,14,15). The third kappa shape index (κ3) is 2.46. The number of carboxylic acids is 1. The summed E-state index contributed by atoms with van der Waals surface area (Å²) in [6.07, 6.45) is 0.881. The Balaban J connectivity index is 2.22. The highest BCUT2D eigenvalue weighted by Gasteiger charge is 2.18. The first-order valence-electron chi connectivity index (χ1n) is 5.04. The van der Waals surface area contributed by atoms with Crippen molar-refractivity contribution in [3.63, 3.8) is 0 Å². The Bertz CT molecular complexity index is 402. The highest BCUT2D eigenvalue weighted by Crippen LogP contribution is 2.23. The number of anilines is 1. The van der Waals surface area contributed by atoms with Gasteiger partial charge >= 0.3 is 5.97 Å². The van der Waals surface area contributed by atoms with Crippen molar-refractivity contribution in [1.82, 2.24) is 0 Å². The number of benzene rings is 1. The summed E-state index contributed by atoms with van der Waals surface area (Å²) in [5, 5.41) is 12.7. The van der Waals surface area contributed by atoms with Crippen LogP contribution in [0.15, 0.2) is 18.2 Å². The SMILES string of the molecule is O=C(O)c1ccc(Cl)cc1NC1CCOC1. The van der Waals surface area contributed by atoms with Crippen LogP contribution in [-0.2, 0) is 4.74 Å². The zero-order chi connectivity index (χ0) is 11.5. The molecule has 0 bridgehead atoms. The Morgan fingerprint density at radius 1 is 1.56 bits per heavy atom. The van der Waals surface area contributed by atoms with Gasteiger partial charge in [-0.2, -0.15) is 0 Å². The Labute approximate surface area is 98.2 Å². The summed E-state index contributed by atoms with van der Waals surface area (Å²) in [6.45, 7) is 1.31. The van der Waals surface area contributed by atoms with Crippen LogP contribution >= 0.6 is 11.6 Å². The van der Waals surface area contributed by atoms with Gasteiger partial charge in [-0.05, 0) is 24.6 Å². The third-order valence-corrected chi connectivity index (χ3v) is 2.74. The lowest BCUT2D eigenvalue weighted by Gasteiger charge is -2.14. The smallest absolute Gasteiger partial charge is 0.337 e. The van der Waals surface area contributed by atoms with Crippen LogP contribution in [-0.4, -0.2) is 30.3 Å². The molecule has 0 saturated carbocycles. The second kappa shape index (κ2) is 4.72. The summed E-state index contributed by atoms with van der Waals surface area (Å²) in [5.74, 6) is -0.960. The van der Waals surface area contributed by atoms with Gasteiger partial charge in [-0.1, -0.05) is 11.6 Å². The fourth-order valence-corrected chi connectivity index (χ4v) is 1.86. The number of rotatable bonds is 3. The summed E-state index contributed by atoms with van der Waals surface area (Å²) >= 11 is 5.84. The van der Waals surface area contributed by atoms with Crippen molar-refractivity contribution in [2.24, 2.45) is 0 Å². The lowest BCUT2D eigenvalue weighted by atomic mass is 10.1. The highest BCUT2D eigenvalue weighted by molar-refractivity contribution is 6.31. The minimum Gasteiger partial charge on any atom is -0.478 e. The van der Waals surface area contributed by atoms with E-state index in [1.807, 2.05) is 0 Å². The molecule has 16 heavy (non-hydrogen) atoms. The highest BCUT2D eigenvalue weighted by atomic mass is 35.5. The average Bonchev–Trinajstić information content (AvgIpc) is 2.70. The molecule has 2 rings (SSSR count). The van der Waals surface area contributed by atoms with E-state index in [0.717, 1.165) is 6.42 Å². The molecular formula is C11H12ClNO3. The molecule has 1 aliphatic heterocycles. The fraction of sp³-hybridized carbons (Fsp3) is 0.364. The summed E-state index contributed by atoms with van der Waals surface area (Å²) < 4.78 is 5.22. The lowest BCUT2D eigenvalue weighted by molar-refractivity contribution is 0.0698. The fourth-order valence-electron chi connectivity index (χ4n) is 1.69. The molecule has 86 valence electrons. The number of aromatic carboxylic acids is 1. The topological polar surface area (TPSA) is 58.6 Å². The average molecular weight is 242 g/mol. The van der Waals surface area contributed by atoms with Crippen molar-refractivity contribution in [3.05, 3.63) is 28.8 Å². The van der Waals surface area contributed by atoms with Gasteiger partial charge in [0.15, 0.2) is 0 Å². The van der Waals surface area contributed by atoms with Gasteiger partial charge in [0, 0.05) is 11.6 Å². The first-order chi connectivity index (χ1) is 7.66. The first-order valence-corrected chi connectivity index (χ1v) is 5.42. The third-order valence-electron chi connectivity index (χ3n) is 2.50. The molecule has 0 aliphatic carbocycles. The van der Waals surface area contributed by atoms with Gasteiger partial charge in [0.25, 0.3) is 0 Å². The van der Waals surface area contributed by atoms with E-state index in [1.54, 1.807) is 12.1 Å². The van der Waals surface area contributed by atoms with E-state index in [-0.39, 0.29) is 11.6 Å².